The van der Waals surface area contributed by atoms with Crippen LogP contribution in [0.5, 0.6) is 0 Å². The molecule has 4 N–H and O–H groups in total. The molecule has 0 unspecified atom stereocenters. The lowest BCUT2D eigenvalue weighted by atomic mass is 10.1. The van der Waals surface area contributed by atoms with Gasteiger partial charge in [0, 0.05) is 19.8 Å². The van der Waals surface area contributed by atoms with Gasteiger partial charge in [0.25, 0.3) is 0 Å². The average Bonchev–Trinajstić information content (AvgIpc) is 2.14. The highest BCUT2D eigenvalue weighted by molar-refractivity contribution is 5.67. The number of rotatable bonds is 3. The van der Waals surface area contributed by atoms with Gasteiger partial charge in [0.1, 0.15) is 0 Å². The molecule has 0 aromatic heterocycles. The van der Waals surface area contributed by atoms with E-state index < -0.39 is 6.29 Å². The van der Waals surface area contributed by atoms with Crippen molar-refractivity contribution >= 4 is 11.4 Å². The van der Waals surface area contributed by atoms with Gasteiger partial charge in [-0.25, -0.2) is 0 Å². The van der Waals surface area contributed by atoms with Gasteiger partial charge in [0.2, 0.25) is 0 Å². The molecule has 0 saturated heterocycles. The van der Waals surface area contributed by atoms with E-state index in [1.54, 1.807) is 20.3 Å². The summed E-state index contributed by atoms with van der Waals surface area (Å²) in [6.45, 7) is 0. The van der Waals surface area contributed by atoms with E-state index in [1.807, 2.05) is 12.1 Å². The van der Waals surface area contributed by atoms with Crippen molar-refractivity contribution in [3.8, 4) is 0 Å². The molecule has 72 valence electrons. The van der Waals surface area contributed by atoms with E-state index in [-0.39, 0.29) is 0 Å². The molecule has 13 heavy (non-hydrogen) atoms. The maximum Gasteiger partial charge on any atom is 0.185 e. The molecule has 0 radical (unpaired) electrons. The molecule has 0 aliphatic heterocycles. The number of hydrogen-bond donors (Lipinski definition) is 2. The first-order valence-electron chi connectivity index (χ1n) is 3.90. The number of ether oxygens (including phenoxy) is 2. The monoisotopic (exact) mass is 182 g/mol. The van der Waals surface area contributed by atoms with Crippen LogP contribution in [-0.2, 0) is 9.47 Å². The number of anilines is 2. The number of methoxy groups -OCH3 is 2. The molecule has 1 aromatic carbocycles. The highest BCUT2D eigenvalue weighted by atomic mass is 16.7. The van der Waals surface area contributed by atoms with Crippen LogP contribution in [0.15, 0.2) is 18.2 Å². The standard InChI is InChI=1S/C9H14N2O2/c1-12-9(13-2)6-4-3-5-7(10)8(6)11/h3-5,9H,10-11H2,1-2H3. The maximum atomic E-state index is 5.75. The summed E-state index contributed by atoms with van der Waals surface area (Å²) in [5, 5.41) is 0. The third-order valence-corrected chi connectivity index (χ3v) is 1.86. The SMILES string of the molecule is COC(OC)c1cccc(N)c1N. The summed E-state index contributed by atoms with van der Waals surface area (Å²) in [5.41, 5.74) is 13.2. The van der Waals surface area contributed by atoms with Crippen molar-refractivity contribution in [2.45, 2.75) is 6.29 Å². The minimum absolute atomic E-state index is 0.455. The van der Waals surface area contributed by atoms with Crippen LogP contribution < -0.4 is 11.5 Å². The highest BCUT2D eigenvalue weighted by Gasteiger charge is 2.13. The normalized spacial score (nSPS) is 10.7. The largest absolute Gasteiger partial charge is 0.397 e. The van der Waals surface area contributed by atoms with Crippen molar-refractivity contribution in [1.29, 1.82) is 0 Å². The fourth-order valence-corrected chi connectivity index (χ4v) is 1.16. The Bertz CT molecular complexity index is 285. The van der Waals surface area contributed by atoms with Crippen LogP contribution in [0.1, 0.15) is 11.9 Å². The Hall–Kier alpha value is -1.26. The van der Waals surface area contributed by atoms with E-state index >= 15 is 0 Å². The smallest absolute Gasteiger partial charge is 0.185 e. The highest BCUT2D eigenvalue weighted by Crippen LogP contribution is 2.27. The van der Waals surface area contributed by atoms with Crippen LogP contribution in [0, 0.1) is 0 Å². The van der Waals surface area contributed by atoms with Gasteiger partial charge in [0.05, 0.1) is 11.4 Å². The molecule has 0 saturated carbocycles. The van der Waals surface area contributed by atoms with Gasteiger partial charge in [-0.1, -0.05) is 12.1 Å². The molecular formula is C9H14N2O2. The Morgan fingerprint density at radius 1 is 1.15 bits per heavy atom. The summed E-state index contributed by atoms with van der Waals surface area (Å²) in [7, 11) is 3.10. The summed E-state index contributed by atoms with van der Waals surface area (Å²) in [6, 6.07) is 5.37. The van der Waals surface area contributed by atoms with E-state index in [0.717, 1.165) is 5.56 Å². The van der Waals surface area contributed by atoms with Crippen molar-refractivity contribution in [3.05, 3.63) is 23.8 Å². The molecule has 0 heterocycles. The first-order chi connectivity index (χ1) is 6.20. The predicted molar refractivity (Wildman–Crippen MR) is 52.0 cm³/mol. The Labute approximate surface area is 77.4 Å². The van der Waals surface area contributed by atoms with Gasteiger partial charge < -0.3 is 20.9 Å². The molecule has 4 heteroatoms. The molecular weight excluding hydrogens is 168 g/mol. The molecule has 1 rings (SSSR count). The Kier molecular flexibility index (Phi) is 3.11. The second-order valence-corrected chi connectivity index (χ2v) is 2.65. The van der Waals surface area contributed by atoms with Crippen molar-refractivity contribution in [1.82, 2.24) is 0 Å². The summed E-state index contributed by atoms with van der Waals surface area (Å²) < 4.78 is 10.1. The van der Waals surface area contributed by atoms with Crippen molar-refractivity contribution in [3.63, 3.8) is 0 Å². The zero-order chi connectivity index (χ0) is 9.84. The Balaban J connectivity index is 3.05. The summed E-state index contributed by atoms with van der Waals surface area (Å²) in [4.78, 5) is 0. The molecule has 4 nitrogen and oxygen atoms in total. The first kappa shape index (κ1) is 9.83. The lowest BCUT2D eigenvalue weighted by Gasteiger charge is -2.16. The lowest BCUT2D eigenvalue weighted by Crippen LogP contribution is -2.08. The predicted octanol–water partition coefficient (Wildman–Crippen LogP) is 1.14. The van der Waals surface area contributed by atoms with Crippen LogP contribution >= 0.6 is 0 Å². The molecule has 0 bridgehead atoms. The maximum absolute atomic E-state index is 5.75. The first-order valence-corrected chi connectivity index (χ1v) is 3.90. The Morgan fingerprint density at radius 3 is 2.31 bits per heavy atom. The zero-order valence-corrected chi connectivity index (χ0v) is 7.78. The number of para-hydroxylation sites is 1. The molecule has 0 aliphatic carbocycles. The molecule has 0 aliphatic rings. The van der Waals surface area contributed by atoms with Crippen molar-refractivity contribution < 1.29 is 9.47 Å². The minimum Gasteiger partial charge on any atom is -0.397 e. The van der Waals surface area contributed by atoms with Gasteiger partial charge in [0.15, 0.2) is 6.29 Å². The number of benzene rings is 1. The Morgan fingerprint density at radius 2 is 1.77 bits per heavy atom. The average molecular weight is 182 g/mol. The lowest BCUT2D eigenvalue weighted by molar-refractivity contribution is -0.105. The number of hydrogen-bond acceptors (Lipinski definition) is 4. The van der Waals surface area contributed by atoms with Gasteiger partial charge in [-0.3, -0.25) is 0 Å². The van der Waals surface area contributed by atoms with Gasteiger partial charge >= 0.3 is 0 Å². The molecule has 0 spiro atoms. The van der Waals surface area contributed by atoms with E-state index in [4.69, 9.17) is 20.9 Å². The molecule has 0 amide bonds. The quantitative estimate of drug-likeness (QED) is 0.543. The third-order valence-electron chi connectivity index (χ3n) is 1.86. The van der Waals surface area contributed by atoms with Gasteiger partial charge in [-0.2, -0.15) is 0 Å². The van der Waals surface area contributed by atoms with Crippen LogP contribution in [0.3, 0.4) is 0 Å². The van der Waals surface area contributed by atoms with E-state index in [9.17, 15) is 0 Å². The zero-order valence-electron chi connectivity index (χ0n) is 7.78. The van der Waals surface area contributed by atoms with Crippen molar-refractivity contribution in [2.24, 2.45) is 0 Å². The van der Waals surface area contributed by atoms with Gasteiger partial charge in [-0.05, 0) is 6.07 Å². The topological polar surface area (TPSA) is 70.5 Å². The fraction of sp³-hybridized carbons (Fsp3) is 0.333. The molecule has 0 fully saturated rings. The second kappa shape index (κ2) is 4.11. The minimum atomic E-state index is -0.455. The van der Waals surface area contributed by atoms with Crippen LogP contribution in [0.4, 0.5) is 11.4 Å². The van der Waals surface area contributed by atoms with E-state index in [2.05, 4.69) is 0 Å². The van der Waals surface area contributed by atoms with Crippen LogP contribution in [0.2, 0.25) is 0 Å². The van der Waals surface area contributed by atoms with Crippen LogP contribution in [0.25, 0.3) is 0 Å². The second-order valence-electron chi connectivity index (χ2n) is 2.65. The van der Waals surface area contributed by atoms with Crippen LogP contribution in [-0.4, -0.2) is 14.2 Å². The molecule has 1 aromatic rings. The summed E-state index contributed by atoms with van der Waals surface area (Å²) in [6.07, 6.45) is -0.455. The third kappa shape index (κ3) is 1.91. The number of nitrogens with two attached hydrogens (primary N) is 2. The van der Waals surface area contributed by atoms with Crippen molar-refractivity contribution in [2.75, 3.05) is 25.7 Å². The van der Waals surface area contributed by atoms with E-state index in [1.165, 1.54) is 0 Å². The number of nitrogen functional groups attached to an aromatic ring is 2. The van der Waals surface area contributed by atoms with Gasteiger partial charge in [-0.15, -0.1) is 0 Å². The summed E-state index contributed by atoms with van der Waals surface area (Å²) >= 11 is 0. The van der Waals surface area contributed by atoms with E-state index in [0.29, 0.717) is 11.4 Å². The molecule has 0 atom stereocenters. The summed E-state index contributed by atoms with van der Waals surface area (Å²) in [5.74, 6) is 0. The fourth-order valence-electron chi connectivity index (χ4n) is 1.16.